The Bertz CT molecular complexity index is 509. The zero-order valence-corrected chi connectivity index (χ0v) is 26.4. The lowest BCUT2D eigenvalue weighted by molar-refractivity contribution is -0.121. The van der Waals surface area contributed by atoms with E-state index in [1.165, 1.54) is 0 Å². The van der Waals surface area contributed by atoms with E-state index in [-0.39, 0.29) is 11.2 Å². The Morgan fingerprint density at radius 1 is 0.692 bits per heavy atom. The van der Waals surface area contributed by atoms with E-state index >= 15 is 0 Å². The average molecular weight is 621 g/mol. The number of rotatable bonds is 32. The molecule has 0 saturated carbocycles. The number of nitrogens with one attached hydrogen (secondary N) is 1. The summed E-state index contributed by atoms with van der Waals surface area (Å²) in [6.45, 7) is 8.78. The third-order valence-electron chi connectivity index (χ3n) is 5.44. The summed E-state index contributed by atoms with van der Waals surface area (Å²) in [7, 11) is 1.65. The first kappa shape index (κ1) is 39.2. The molecule has 0 aliphatic rings. The largest absolute Gasteiger partial charge is 0.430 e. The monoisotopic (exact) mass is 620 g/mol. The average Bonchev–Trinajstić information content (AvgIpc) is 2.94. The molecule has 39 heavy (non-hydrogen) atoms. The second kappa shape index (κ2) is 32.7. The zero-order chi connectivity index (χ0) is 28.7. The van der Waals surface area contributed by atoms with E-state index in [2.05, 4.69) is 47.9 Å². The van der Waals surface area contributed by atoms with Crippen molar-refractivity contribution < 1.29 is 42.7 Å². The summed E-state index contributed by atoms with van der Waals surface area (Å²) < 4.78 is 41.9. The summed E-state index contributed by atoms with van der Waals surface area (Å²) >= 11 is 13.3. The highest BCUT2D eigenvalue weighted by Gasteiger charge is 2.14. The molecular formula is C26H54NO9S3+. The summed E-state index contributed by atoms with van der Waals surface area (Å²) in [5, 5.41) is 3.17. The van der Waals surface area contributed by atoms with Crippen LogP contribution in [0.4, 0.5) is 0 Å². The van der Waals surface area contributed by atoms with Crippen molar-refractivity contribution in [1.29, 1.82) is 0 Å². The van der Waals surface area contributed by atoms with Crippen molar-refractivity contribution in [3.63, 3.8) is 0 Å². The number of hydrogen-bond donors (Lipinski definition) is 4. The predicted molar refractivity (Wildman–Crippen MR) is 164 cm³/mol. The second-order valence-corrected chi connectivity index (χ2v) is 10.0. The Hall–Kier alpha value is 0.200. The molecule has 2 N–H and O–H groups in total. The fourth-order valence-corrected chi connectivity index (χ4v) is 4.82. The number of hydrogen-bond acceptors (Lipinski definition) is 11. The van der Waals surface area contributed by atoms with E-state index in [9.17, 15) is 4.79 Å². The van der Waals surface area contributed by atoms with E-state index < -0.39 is 0 Å². The Kier molecular flexibility index (Phi) is 32.9. The SMILES string of the molecule is COCCOCC[OH+]CCOCCOCCOCCOCCOCCNC(=O)CCCCC(S)C(CS)CS. The fraction of sp³-hybridized carbons (Fsp3) is 0.962. The third kappa shape index (κ3) is 29.5. The molecular weight excluding hydrogens is 566 g/mol. The van der Waals surface area contributed by atoms with E-state index in [1.807, 2.05) is 0 Å². The van der Waals surface area contributed by atoms with Crippen LogP contribution in [-0.4, -0.2) is 140 Å². The molecule has 0 aromatic carbocycles. The van der Waals surface area contributed by atoms with Crippen LogP contribution in [0.2, 0.25) is 0 Å². The van der Waals surface area contributed by atoms with Gasteiger partial charge in [-0.05, 0) is 30.3 Å². The normalized spacial score (nSPS) is 12.3. The summed E-state index contributed by atoms with van der Waals surface area (Å²) in [5.74, 6) is 2.04. The Balaban J connectivity index is 3.20. The minimum absolute atomic E-state index is 0.0571. The van der Waals surface area contributed by atoms with Crippen molar-refractivity contribution in [2.75, 3.05) is 124 Å². The van der Waals surface area contributed by atoms with E-state index in [4.69, 9.17) is 33.2 Å². The first-order chi connectivity index (χ1) is 19.2. The van der Waals surface area contributed by atoms with Crippen LogP contribution in [0.1, 0.15) is 25.7 Å². The van der Waals surface area contributed by atoms with Crippen molar-refractivity contribution >= 4 is 43.8 Å². The van der Waals surface area contributed by atoms with Crippen LogP contribution in [0.25, 0.3) is 0 Å². The molecule has 0 spiro atoms. The van der Waals surface area contributed by atoms with Crippen LogP contribution in [-0.2, 0) is 38.0 Å². The van der Waals surface area contributed by atoms with E-state index in [0.29, 0.717) is 118 Å². The Morgan fingerprint density at radius 2 is 1.15 bits per heavy atom. The number of carbonyl (C=O) groups is 1. The fourth-order valence-electron chi connectivity index (χ4n) is 3.12. The Labute approximate surface area is 252 Å². The first-order valence-electron chi connectivity index (χ1n) is 13.9. The van der Waals surface area contributed by atoms with Crippen molar-refractivity contribution in [2.45, 2.75) is 30.9 Å². The van der Waals surface area contributed by atoms with Crippen molar-refractivity contribution in [3.8, 4) is 0 Å². The van der Waals surface area contributed by atoms with Crippen LogP contribution in [0.15, 0.2) is 0 Å². The molecule has 0 aliphatic heterocycles. The minimum Gasteiger partial charge on any atom is -0.430 e. The zero-order valence-electron chi connectivity index (χ0n) is 23.8. The van der Waals surface area contributed by atoms with Gasteiger partial charge < -0.3 is 43.2 Å². The maximum atomic E-state index is 11.9. The smallest absolute Gasteiger partial charge is 0.220 e. The van der Waals surface area contributed by atoms with Gasteiger partial charge in [0.05, 0.1) is 72.7 Å². The molecule has 0 radical (unpaired) electrons. The summed E-state index contributed by atoms with van der Waals surface area (Å²) in [5.41, 5.74) is 0. The molecule has 0 aromatic heterocycles. The van der Waals surface area contributed by atoms with Gasteiger partial charge in [0, 0.05) is 25.3 Å². The number of carbonyl (C=O) groups excluding carboxylic acids is 1. The molecule has 0 fully saturated rings. The quantitative estimate of drug-likeness (QED) is 0.0512. The van der Waals surface area contributed by atoms with Crippen molar-refractivity contribution in [2.24, 2.45) is 5.92 Å². The minimum atomic E-state index is 0.0571. The van der Waals surface area contributed by atoms with Crippen LogP contribution < -0.4 is 5.32 Å². The highest BCUT2D eigenvalue weighted by atomic mass is 32.1. The van der Waals surface area contributed by atoms with Gasteiger partial charge in [-0.2, -0.15) is 37.9 Å². The molecule has 0 aromatic rings. The summed E-state index contributed by atoms with van der Waals surface area (Å²) in [4.78, 5) is 11.9. The first-order valence-corrected chi connectivity index (χ1v) is 15.7. The van der Waals surface area contributed by atoms with Gasteiger partial charge in [0.15, 0.2) is 13.2 Å². The second-order valence-electron chi connectivity index (χ2n) is 8.63. The molecule has 0 saturated heterocycles. The topological polar surface area (TPSA) is 107 Å². The highest BCUT2D eigenvalue weighted by Crippen LogP contribution is 2.20. The molecule has 0 heterocycles. The van der Waals surface area contributed by atoms with Crippen LogP contribution in [0.3, 0.4) is 0 Å². The van der Waals surface area contributed by atoms with Gasteiger partial charge in [0.25, 0.3) is 0 Å². The van der Waals surface area contributed by atoms with Gasteiger partial charge in [-0.15, -0.1) is 0 Å². The van der Waals surface area contributed by atoms with Gasteiger partial charge in [0.1, 0.15) is 13.2 Å². The number of aliphatic hydroxyl groups is 2. The van der Waals surface area contributed by atoms with Crippen molar-refractivity contribution in [1.82, 2.24) is 5.32 Å². The van der Waals surface area contributed by atoms with Gasteiger partial charge in [-0.1, -0.05) is 6.42 Å². The molecule has 1 atom stereocenters. The van der Waals surface area contributed by atoms with E-state index in [0.717, 1.165) is 30.8 Å². The molecule has 0 rings (SSSR count). The number of methoxy groups -OCH3 is 1. The number of unbranched alkanes of at least 4 members (excludes halogenated alkanes) is 1. The van der Waals surface area contributed by atoms with Crippen LogP contribution in [0.5, 0.6) is 0 Å². The van der Waals surface area contributed by atoms with Gasteiger partial charge in [-0.25, -0.2) is 0 Å². The van der Waals surface area contributed by atoms with Crippen molar-refractivity contribution in [3.05, 3.63) is 0 Å². The van der Waals surface area contributed by atoms with Gasteiger partial charge in [0.2, 0.25) is 5.91 Å². The van der Waals surface area contributed by atoms with E-state index in [1.54, 1.807) is 7.11 Å². The maximum absolute atomic E-state index is 11.9. The third-order valence-corrected chi connectivity index (χ3v) is 7.06. The molecule has 0 aliphatic carbocycles. The molecule has 1 unspecified atom stereocenters. The molecule has 0 bridgehead atoms. The molecule has 10 nitrogen and oxygen atoms in total. The van der Waals surface area contributed by atoms with Crippen LogP contribution in [0, 0.1) is 5.92 Å². The standard InChI is InChI=1S/C26H53NO9S3/c1-29-8-9-31-12-13-33-16-17-35-20-21-36-19-18-34-15-14-32-11-10-30-7-6-27-26(28)5-3-2-4-25(39)24(22-37)23-38/h24-25,37-39H,2-23H2,1H3,(H,27,28)/p+1. The summed E-state index contributed by atoms with van der Waals surface area (Å²) in [6.07, 6.45) is 3.34. The molecule has 1 amide bonds. The lowest BCUT2D eigenvalue weighted by Gasteiger charge is -2.19. The Morgan fingerprint density at radius 3 is 1.64 bits per heavy atom. The summed E-state index contributed by atoms with van der Waals surface area (Å²) in [6, 6.07) is 0. The lowest BCUT2D eigenvalue weighted by Crippen LogP contribution is -2.27. The maximum Gasteiger partial charge on any atom is 0.220 e. The highest BCUT2D eigenvalue weighted by molar-refractivity contribution is 7.82. The number of ether oxygens (including phenoxy) is 8. The van der Waals surface area contributed by atoms with Gasteiger partial charge in [-0.3, -0.25) is 4.79 Å². The predicted octanol–water partition coefficient (Wildman–Crippen LogP) is 1.71. The molecule has 234 valence electrons. The number of amides is 1. The molecule has 13 heteroatoms. The number of thiol groups is 3. The van der Waals surface area contributed by atoms with Crippen LogP contribution >= 0.6 is 37.9 Å². The van der Waals surface area contributed by atoms with Gasteiger partial charge >= 0.3 is 0 Å². The lowest BCUT2D eigenvalue weighted by atomic mass is 10.0.